The molecule has 0 fully saturated rings. The van der Waals surface area contributed by atoms with Gasteiger partial charge in [-0.15, -0.1) is 0 Å². The van der Waals surface area contributed by atoms with Gasteiger partial charge in [0.2, 0.25) is 0 Å². The molecule has 0 aliphatic heterocycles. The van der Waals surface area contributed by atoms with Gasteiger partial charge in [0.1, 0.15) is 5.82 Å². The van der Waals surface area contributed by atoms with E-state index in [0.717, 1.165) is 24.2 Å². The molecule has 0 amide bonds. The number of nitrogens with zero attached hydrogens (tertiary/aromatic N) is 2. The Bertz CT molecular complexity index is 992. The molecule has 2 nitrogen and oxygen atoms in total. The number of rotatable bonds is 4. The minimum absolute atomic E-state index is 0.447. The fourth-order valence-corrected chi connectivity index (χ4v) is 3.51. The van der Waals surface area contributed by atoms with Gasteiger partial charge in [0.25, 0.3) is 0 Å². The van der Waals surface area contributed by atoms with E-state index in [1.54, 1.807) is 0 Å². The number of imidazole rings is 1. The molecule has 0 aliphatic carbocycles. The normalized spacial score (nSPS) is 12.8. The highest BCUT2D eigenvalue weighted by atomic mass is 15.1. The number of fused-ring (bicyclic) bond motifs is 2. The van der Waals surface area contributed by atoms with Gasteiger partial charge in [0, 0.05) is 12.5 Å². The van der Waals surface area contributed by atoms with Crippen LogP contribution in [0, 0.1) is 0 Å². The van der Waals surface area contributed by atoms with Gasteiger partial charge in [-0.3, -0.25) is 0 Å². The molecule has 0 saturated heterocycles. The minimum atomic E-state index is 0.447. The molecule has 1 aromatic heterocycles. The van der Waals surface area contributed by atoms with Crippen molar-refractivity contribution in [3.05, 3.63) is 78.1 Å². The van der Waals surface area contributed by atoms with Crippen LogP contribution in [0.2, 0.25) is 0 Å². The van der Waals surface area contributed by atoms with Crippen LogP contribution in [0.25, 0.3) is 21.8 Å². The monoisotopic (exact) mass is 314 g/mol. The van der Waals surface area contributed by atoms with Gasteiger partial charge in [0.05, 0.1) is 11.0 Å². The predicted molar refractivity (Wildman–Crippen MR) is 101 cm³/mol. The summed E-state index contributed by atoms with van der Waals surface area (Å²) in [5.74, 6) is 1.15. The lowest BCUT2D eigenvalue weighted by molar-refractivity contribution is 0.526. The van der Waals surface area contributed by atoms with Crippen molar-refractivity contribution in [2.45, 2.75) is 32.7 Å². The molecule has 1 unspecified atom stereocenters. The van der Waals surface area contributed by atoms with Crippen LogP contribution >= 0.6 is 0 Å². The molecule has 1 atom stereocenters. The SMILES string of the molecule is CCC(C)n1c(Cc2cccc3ccccc23)nc2ccccc21. The lowest BCUT2D eigenvalue weighted by atomic mass is 10.0. The van der Waals surface area contributed by atoms with Gasteiger partial charge in [0.15, 0.2) is 0 Å². The van der Waals surface area contributed by atoms with Crippen LogP contribution in [0.15, 0.2) is 66.7 Å². The quantitative estimate of drug-likeness (QED) is 0.469. The number of aromatic nitrogens is 2. The van der Waals surface area contributed by atoms with Crippen LogP contribution in [-0.4, -0.2) is 9.55 Å². The van der Waals surface area contributed by atoms with E-state index in [1.165, 1.54) is 21.9 Å². The van der Waals surface area contributed by atoms with Crippen molar-refractivity contribution in [3.63, 3.8) is 0 Å². The Balaban J connectivity index is 1.87. The number of hydrogen-bond donors (Lipinski definition) is 0. The van der Waals surface area contributed by atoms with Gasteiger partial charge in [-0.1, -0.05) is 61.5 Å². The van der Waals surface area contributed by atoms with E-state index >= 15 is 0 Å². The molecule has 0 saturated carbocycles. The molecule has 4 aromatic rings. The first kappa shape index (κ1) is 14.9. The fraction of sp³-hybridized carbons (Fsp3) is 0.227. The second kappa shape index (κ2) is 6.12. The van der Waals surface area contributed by atoms with Gasteiger partial charge in [-0.25, -0.2) is 4.98 Å². The molecule has 0 spiro atoms. The highest BCUT2D eigenvalue weighted by Gasteiger charge is 2.15. The minimum Gasteiger partial charge on any atom is -0.325 e. The first-order valence-corrected chi connectivity index (χ1v) is 8.70. The Morgan fingerprint density at radius 3 is 2.54 bits per heavy atom. The van der Waals surface area contributed by atoms with Gasteiger partial charge in [-0.05, 0) is 41.8 Å². The second-order valence-electron chi connectivity index (χ2n) is 6.46. The number of para-hydroxylation sites is 2. The van der Waals surface area contributed by atoms with Crippen LogP contribution in [0.4, 0.5) is 0 Å². The maximum absolute atomic E-state index is 4.95. The van der Waals surface area contributed by atoms with Crippen LogP contribution < -0.4 is 0 Å². The van der Waals surface area contributed by atoms with Crippen molar-refractivity contribution >= 4 is 21.8 Å². The van der Waals surface area contributed by atoms with Crippen LogP contribution in [0.5, 0.6) is 0 Å². The average Bonchev–Trinajstić information content (AvgIpc) is 2.99. The second-order valence-corrected chi connectivity index (χ2v) is 6.46. The van der Waals surface area contributed by atoms with Crippen molar-refractivity contribution in [3.8, 4) is 0 Å². The molecule has 4 rings (SSSR count). The first-order chi connectivity index (χ1) is 11.8. The largest absolute Gasteiger partial charge is 0.325 e. The highest BCUT2D eigenvalue weighted by molar-refractivity contribution is 5.86. The van der Waals surface area contributed by atoms with E-state index < -0.39 is 0 Å². The lowest BCUT2D eigenvalue weighted by Gasteiger charge is -2.16. The molecule has 3 aromatic carbocycles. The third kappa shape index (κ3) is 2.48. The topological polar surface area (TPSA) is 17.8 Å². The summed E-state index contributed by atoms with van der Waals surface area (Å²) in [7, 11) is 0. The predicted octanol–water partition coefficient (Wildman–Crippen LogP) is 5.75. The molecular formula is C22H22N2. The molecule has 0 bridgehead atoms. The van der Waals surface area contributed by atoms with Crippen molar-refractivity contribution in [1.29, 1.82) is 0 Å². The fourth-order valence-electron chi connectivity index (χ4n) is 3.51. The number of hydrogen-bond acceptors (Lipinski definition) is 1. The summed E-state index contributed by atoms with van der Waals surface area (Å²) in [6.45, 7) is 4.52. The van der Waals surface area contributed by atoms with Crippen molar-refractivity contribution in [1.82, 2.24) is 9.55 Å². The van der Waals surface area contributed by atoms with Crippen LogP contribution in [-0.2, 0) is 6.42 Å². The summed E-state index contributed by atoms with van der Waals surface area (Å²) >= 11 is 0. The Labute approximate surface area is 142 Å². The summed E-state index contributed by atoms with van der Waals surface area (Å²) in [5.41, 5.74) is 3.67. The van der Waals surface area contributed by atoms with Crippen molar-refractivity contribution < 1.29 is 0 Å². The van der Waals surface area contributed by atoms with Crippen LogP contribution in [0.1, 0.15) is 37.7 Å². The molecule has 2 heteroatoms. The van der Waals surface area contributed by atoms with Crippen LogP contribution in [0.3, 0.4) is 0 Å². The molecule has 120 valence electrons. The molecule has 0 aliphatic rings. The lowest BCUT2D eigenvalue weighted by Crippen LogP contribution is -2.09. The van der Waals surface area contributed by atoms with E-state index in [1.807, 2.05) is 0 Å². The first-order valence-electron chi connectivity index (χ1n) is 8.70. The van der Waals surface area contributed by atoms with Gasteiger partial charge in [-0.2, -0.15) is 0 Å². The van der Waals surface area contributed by atoms with Crippen molar-refractivity contribution in [2.75, 3.05) is 0 Å². The summed E-state index contributed by atoms with van der Waals surface area (Å²) in [5, 5.41) is 2.61. The Morgan fingerprint density at radius 2 is 1.67 bits per heavy atom. The van der Waals surface area contributed by atoms with Gasteiger partial charge >= 0.3 is 0 Å². The Hall–Kier alpha value is -2.61. The third-order valence-electron chi connectivity index (χ3n) is 4.93. The highest BCUT2D eigenvalue weighted by Crippen LogP contribution is 2.27. The molecular weight excluding hydrogens is 292 g/mol. The van der Waals surface area contributed by atoms with E-state index in [0.29, 0.717) is 6.04 Å². The molecule has 1 heterocycles. The molecule has 24 heavy (non-hydrogen) atoms. The average molecular weight is 314 g/mol. The maximum Gasteiger partial charge on any atom is 0.114 e. The molecule has 0 N–H and O–H groups in total. The van der Waals surface area contributed by atoms with E-state index in [-0.39, 0.29) is 0 Å². The molecule has 0 radical (unpaired) electrons. The number of benzene rings is 3. The van der Waals surface area contributed by atoms with E-state index in [4.69, 9.17) is 4.98 Å². The Kier molecular flexibility index (Phi) is 3.81. The summed E-state index contributed by atoms with van der Waals surface area (Å²) in [4.78, 5) is 4.95. The smallest absolute Gasteiger partial charge is 0.114 e. The summed E-state index contributed by atoms with van der Waals surface area (Å²) in [6.07, 6.45) is 1.96. The zero-order chi connectivity index (χ0) is 16.5. The van der Waals surface area contributed by atoms with Gasteiger partial charge < -0.3 is 4.57 Å². The summed E-state index contributed by atoms with van der Waals surface area (Å²) < 4.78 is 2.41. The van der Waals surface area contributed by atoms with Crippen molar-refractivity contribution in [2.24, 2.45) is 0 Å². The summed E-state index contributed by atoms with van der Waals surface area (Å²) in [6, 6.07) is 24.1. The van der Waals surface area contributed by atoms with E-state index in [2.05, 4.69) is 85.1 Å². The zero-order valence-corrected chi connectivity index (χ0v) is 14.2. The third-order valence-corrected chi connectivity index (χ3v) is 4.93. The Morgan fingerprint density at radius 1 is 0.917 bits per heavy atom. The standard InChI is InChI=1S/C22H22N2/c1-3-16(2)24-21-14-7-6-13-20(21)23-22(24)15-18-11-8-10-17-9-4-5-12-19(17)18/h4-14,16H,3,15H2,1-2H3. The maximum atomic E-state index is 4.95. The zero-order valence-electron chi connectivity index (χ0n) is 14.2. The van der Waals surface area contributed by atoms with E-state index in [9.17, 15) is 0 Å².